The number of nitrogens with one attached hydrogen (secondary N) is 1. The lowest BCUT2D eigenvalue weighted by atomic mass is 10.1. The van der Waals surface area contributed by atoms with Crippen LogP contribution < -0.4 is 11.1 Å². The van der Waals surface area contributed by atoms with Crippen LogP contribution >= 0.6 is 0 Å². The largest absolute Gasteiger partial charge is 0.422 e. The number of nitrogens with zero attached hydrogens (tertiary/aromatic N) is 1. The summed E-state index contributed by atoms with van der Waals surface area (Å²) in [6.07, 6.45) is 0. The summed E-state index contributed by atoms with van der Waals surface area (Å²) in [6.45, 7) is 1.65. The molecule has 0 saturated carbocycles. The molecule has 0 fully saturated rings. The highest BCUT2D eigenvalue weighted by Crippen LogP contribution is 2.13. The average molecular weight is 306 g/mol. The van der Waals surface area contributed by atoms with Gasteiger partial charge in [-0.2, -0.15) is 5.10 Å². The highest BCUT2D eigenvalue weighted by Gasteiger charge is 2.09. The van der Waals surface area contributed by atoms with Gasteiger partial charge < -0.3 is 4.42 Å². The molecule has 114 valence electrons. The zero-order chi connectivity index (χ0) is 16.2. The van der Waals surface area contributed by atoms with E-state index in [2.05, 4.69) is 10.5 Å². The van der Waals surface area contributed by atoms with Crippen LogP contribution in [0.2, 0.25) is 0 Å². The number of rotatable bonds is 3. The van der Waals surface area contributed by atoms with E-state index in [9.17, 15) is 9.59 Å². The van der Waals surface area contributed by atoms with Crippen molar-refractivity contribution in [2.75, 3.05) is 0 Å². The van der Waals surface area contributed by atoms with Crippen molar-refractivity contribution in [3.05, 3.63) is 82.2 Å². The molecule has 0 spiro atoms. The maximum absolute atomic E-state index is 12.0. The third-order valence-corrected chi connectivity index (χ3v) is 3.39. The Morgan fingerprint density at radius 2 is 1.74 bits per heavy atom. The molecule has 1 heterocycles. The number of hydrazone groups is 1. The van der Waals surface area contributed by atoms with Crippen LogP contribution in [0.5, 0.6) is 0 Å². The molecule has 0 bridgehead atoms. The smallest absolute Gasteiger partial charge is 0.345 e. The molecular weight excluding hydrogens is 292 g/mol. The molecule has 5 nitrogen and oxygen atoms in total. The van der Waals surface area contributed by atoms with Crippen LogP contribution in [-0.4, -0.2) is 11.6 Å². The molecule has 23 heavy (non-hydrogen) atoms. The maximum Gasteiger partial charge on any atom is 0.345 e. The lowest BCUT2D eigenvalue weighted by Crippen LogP contribution is -2.21. The number of hydrogen-bond donors (Lipinski definition) is 1. The SMILES string of the molecule is C/C(=N/NC(=O)c1ccccc1)c1cc2ccccc2oc1=O. The number of benzene rings is 2. The van der Waals surface area contributed by atoms with Gasteiger partial charge in [-0.3, -0.25) is 4.79 Å². The number of carbonyl (C=O) groups excluding carboxylic acids is 1. The molecule has 3 rings (SSSR count). The molecule has 0 unspecified atom stereocenters. The summed E-state index contributed by atoms with van der Waals surface area (Å²) in [5.74, 6) is -0.338. The second-order valence-electron chi connectivity index (χ2n) is 4.99. The topological polar surface area (TPSA) is 71.7 Å². The molecule has 0 aliphatic heterocycles. The zero-order valence-electron chi connectivity index (χ0n) is 12.4. The minimum Gasteiger partial charge on any atom is -0.422 e. The van der Waals surface area contributed by atoms with E-state index >= 15 is 0 Å². The van der Waals surface area contributed by atoms with Crippen molar-refractivity contribution >= 4 is 22.6 Å². The van der Waals surface area contributed by atoms with E-state index in [0.717, 1.165) is 5.39 Å². The number of para-hydroxylation sites is 1. The summed E-state index contributed by atoms with van der Waals surface area (Å²) >= 11 is 0. The average Bonchev–Trinajstić information content (AvgIpc) is 2.59. The fraction of sp³-hybridized carbons (Fsp3) is 0.0556. The highest BCUT2D eigenvalue weighted by atomic mass is 16.4. The van der Waals surface area contributed by atoms with E-state index in [-0.39, 0.29) is 5.91 Å². The third kappa shape index (κ3) is 3.18. The Morgan fingerprint density at radius 3 is 2.52 bits per heavy atom. The van der Waals surface area contributed by atoms with Gasteiger partial charge >= 0.3 is 5.63 Å². The molecule has 1 N–H and O–H groups in total. The molecule has 3 aromatic rings. The number of hydrogen-bond acceptors (Lipinski definition) is 4. The molecule has 0 aliphatic carbocycles. The standard InChI is InChI=1S/C18H14N2O3/c1-12(19-20-17(21)13-7-3-2-4-8-13)15-11-14-9-5-6-10-16(14)23-18(15)22/h2-11H,1H3,(H,20,21)/b19-12-. The minimum absolute atomic E-state index is 0.317. The third-order valence-electron chi connectivity index (χ3n) is 3.39. The zero-order valence-corrected chi connectivity index (χ0v) is 12.4. The van der Waals surface area contributed by atoms with E-state index in [0.29, 0.717) is 22.4 Å². The van der Waals surface area contributed by atoms with Crippen LogP contribution in [0, 0.1) is 0 Å². The number of amides is 1. The van der Waals surface area contributed by atoms with Crippen LogP contribution in [0.3, 0.4) is 0 Å². The van der Waals surface area contributed by atoms with Crippen molar-refractivity contribution in [1.82, 2.24) is 5.43 Å². The van der Waals surface area contributed by atoms with E-state index in [1.807, 2.05) is 18.2 Å². The summed E-state index contributed by atoms with van der Waals surface area (Å²) in [4.78, 5) is 24.0. The Labute approximate surface area is 132 Å². The van der Waals surface area contributed by atoms with Gasteiger partial charge in [-0.25, -0.2) is 10.2 Å². The molecular formula is C18H14N2O3. The van der Waals surface area contributed by atoms with Crippen molar-refractivity contribution in [3.63, 3.8) is 0 Å². The first kappa shape index (κ1) is 14.7. The second-order valence-corrected chi connectivity index (χ2v) is 4.99. The fourth-order valence-electron chi connectivity index (χ4n) is 2.16. The van der Waals surface area contributed by atoms with Gasteiger partial charge in [-0.1, -0.05) is 36.4 Å². The predicted octanol–water partition coefficient (Wildman–Crippen LogP) is 2.95. The molecule has 0 atom stereocenters. The highest BCUT2D eigenvalue weighted by molar-refractivity contribution is 6.02. The van der Waals surface area contributed by atoms with E-state index in [1.54, 1.807) is 49.4 Å². The van der Waals surface area contributed by atoms with Crippen LogP contribution in [-0.2, 0) is 0 Å². The molecule has 0 radical (unpaired) electrons. The lowest BCUT2D eigenvalue weighted by Gasteiger charge is -2.03. The Morgan fingerprint density at radius 1 is 1.04 bits per heavy atom. The quantitative estimate of drug-likeness (QED) is 0.459. The molecule has 1 amide bonds. The van der Waals surface area contributed by atoms with Gasteiger partial charge in [0.1, 0.15) is 5.58 Å². The first-order valence-corrected chi connectivity index (χ1v) is 7.08. The van der Waals surface area contributed by atoms with E-state index in [1.165, 1.54) is 0 Å². The van der Waals surface area contributed by atoms with Gasteiger partial charge in [-0.15, -0.1) is 0 Å². The first-order chi connectivity index (χ1) is 11.1. The van der Waals surface area contributed by atoms with Crippen LogP contribution in [0.25, 0.3) is 11.0 Å². The maximum atomic E-state index is 12.0. The summed E-state index contributed by atoms with van der Waals surface area (Å²) < 4.78 is 5.26. The normalized spacial score (nSPS) is 11.4. The number of fused-ring (bicyclic) bond motifs is 1. The Kier molecular flexibility index (Phi) is 4.01. The minimum atomic E-state index is -0.487. The Bertz CT molecular complexity index is 943. The fourth-order valence-corrected chi connectivity index (χ4v) is 2.16. The summed E-state index contributed by atoms with van der Waals surface area (Å²) in [5.41, 5.74) is 3.66. The van der Waals surface area contributed by atoms with Gasteiger partial charge in [0, 0.05) is 10.9 Å². The van der Waals surface area contributed by atoms with Crippen molar-refractivity contribution in [1.29, 1.82) is 0 Å². The summed E-state index contributed by atoms with van der Waals surface area (Å²) in [7, 11) is 0. The lowest BCUT2D eigenvalue weighted by molar-refractivity contribution is 0.0955. The molecule has 0 aliphatic rings. The Hall–Kier alpha value is -3.21. The van der Waals surface area contributed by atoms with Crippen molar-refractivity contribution < 1.29 is 9.21 Å². The van der Waals surface area contributed by atoms with Gasteiger partial charge in [-0.05, 0) is 31.2 Å². The van der Waals surface area contributed by atoms with Gasteiger partial charge in [0.25, 0.3) is 5.91 Å². The number of carbonyl (C=O) groups is 1. The second kappa shape index (κ2) is 6.27. The molecule has 2 aromatic carbocycles. The summed E-state index contributed by atoms with van der Waals surface area (Å²) in [6, 6.07) is 17.7. The molecule has 1 aromatic heterocycles. The molecule has 0 saturated heterocycles. The van der Waals surface area contributed by atoms with E-state index < -0.39 is 5.63 Å². The first-order valence-electron chi connectivity index (χ1n) is 7.08. The van der Waals surface area contributed by atoms with Crippen LogP contribution in [0.4, 0.5) is 0 Å². The van der Waals surface area contributed by atoms with Crippen molar-refractivity contribution in [2.45, 2.75) is 6.92 Å². The van der Waals surface area contributed by atoms with Crippen molar-refractivity contribution in [3.8, 4) is 0 Å². The monoisotopic (exact) mass is 306 g/mol. The van der Waals surface area contributed by atoms with Crippen LogP contribution in [0.1, 0.15) is 22.8 Å². The predicted molar refractivity (Wildman–Crippen MR) is 88.6 cm³/mol. The van der Waals surface area contributed by atoms with Crippen molar-refractivity contribution in [2.24, 2.45) is 5.10 Å². The Balaban J connectivity index is 1.88. The molecule has 5 heteroatoms. The summed E-state index contributed by atoms with van der Waals surface area (Å²) in [5, 5.41) is 4.79. The van der Waals surface area contributed by atoms with E-state index in [4.69, 9.17) is 4.42 Å². The van der Waals surface area contributed by atoms with Gasteiger partial charge in [0.05, 0.1) is 11.3 Å². The van der Waals surface area contributed by atoms with Gasteiger partial charge in [0.15, 0.2) is 0 Å². The van der Waals surface area contributed by atoms with Gasteiger partial charge in [0.2, 0.25) is 0 Å². The van der Waals surface area contributed by atoms with Crippen LogP contribution in [0.15, 0.2) is 75.0 Å².